The van der Waals surface area contributed by atoms with Gasteiger partial charge in [-0.1, -0.05) is 36.4 Å². The van der Waals surface area contributed by atoms with Crippen molar-refractivity contribution in [2.45, 2.75) is 26.8 Å². The van der Waals surface area contributed by atoms with Crippen LogP contribution in [0.2, 0.25) is 0 Å². The maximum absolute atomic E-state index is 11.9. The molecular formula is C19H23NO3. The fourth-order valence-electron chi connectivity index (χ4n) is 2.15. The summed E-state index contributed by atoms with van der Waals surface area (Å²) in [6.45, 7) is 6.27. The molecule has 0 aliphatic heterocycles. The lowest BCUT2D eigenvalue weighted by Crippen LogP contribution is -2.39. The van der Waals surface area contributed by atoms with Crippen LogP contribution in [0.1, 0.15) is 18.1 Å². The molecule has 0 fully saturated rings. The standard InChI is InChI=1S/C19H23NO3/c1-14-8-4-6-10-17(14)22-12-16(3)20-19(21)13-23-18-11-7-5-9-15(18)2/h4-11,16H,12-13H2,1-3H3,(H,20,21). The summed E-state index contributed by atoms with van der Waals surface area (Å²) in [6.07, 6.45) is 0. The Hall–Kier alpha value is -2.49. The van der Waals surface area contributed by atoms with E-state index in [1.807, 2.05) is 69.3 Å². The van der Waals surface area contributed by atoms with E-state index in [-0.39, 0.29) is 18.6 Å². The van der Waals surface area contributed by atoms with E-state index in [1.165, 1.54) is 0 Å². The first-order valence-corrected chi connectivity index (χ1v) is 7.72. The summed E-state index contributed by atoms with van der Waals surface area (Å²) in [5.74, 6) is 1.41. The molecule has 2 aromatic carbocycles. The van der Waals surface area contributed by atoms with Crippen LogP contribution in [0.3, 0.4) is 0 Å². The van der Waals surface area contributed by atoms with E-state index in [4.69, 9.17) is 9.47 Å². The average Bonchev–Trinajstić information content (AvgIpc) is 2.53. The number of hydrogen-bond donors (Lipinski definition) is 1. The SMILES string of the molecule is Cc1ccccc1OCC(=O)NC(C)COc1ccccc1C. The Morgan fingerprint density at radius 1 is 0.957 bits per heavy atom. The van der Waals surface area contributed by atoms with Crippen LogP contribution in [0.4, 0.5) is 0 Å². The number of carbonyl (C=O) groups is 1. The van der Waals surface area contributed by atoms with Gasteiger partial charge in [0.05, 0.1) is 6.04 Å². The molecule has 4 nitrogen and oxygen atoms in total. The van der Waals surface area contributed by atoms with Crippen LogP contribution in [0.15, 0.2) is 48.5 Å². The van der Waals surface area contributed by atoms with E-state index in [9.17, 15) is 4.79 Å². The lowest BCUT2D eigenvalue weighted by Gasteiger charge is -2.16. The van der Waals surface area contributed by atoms with Crippen LogP contribution in [0.5, 0.6) is 11.5 Å². The Labute approximate surface area is 137 Å². The van der Waals surface area contributed by atoms with Crippen LogP contribution in [-0.4, -0.2) is 25.2 Å². The van der Waals surface area contributed by atoms with Gasteiger partial charge in [-0.15, -0.1) is 0 Å². The Morgan fingerprint density at radius 3 is 2.04 bits per heavy atom. The van der Waals surface area contributed by atoms with E-state index in [0.29, 0.717) is 6.61 Å². The third kappa shape index (κ3) is 5.33. The molecule has 23 heavy (non-hydrogen) atoms. The topological polar surface area (TPSA) is 47.6 Å². The number of amides is 1. The number of para-hydroxylation sites is 2. The highest BCUT2D eigenvalue weighted by Gasteiger charge is 2.10. The summed E-state index contributed by atoms with van der Waals surface area (Å²) in [4.78, 5) is 11.9. The predicted octanol–water partition coefficient (Wildman–Crippen LogP) is 3.27. The third-order valence-corrected chi connectivity index (χ3v) is 3.44. The Balaban J connectivity index is 1.74. The number of nitrogens with one attached hydrogen (secondary N) is 1. The van der Waals surface area contributed by atoms with E-state index in [2.05, 4.69) is 5.32 Å². The number of rotatable bonds is 7. The van der Waals surface area contributed by atoms with Gasteiger partial charge in [-0.05, 0) is 44.0 Å². The molecule has 0 saturated carbocycles. The number of ether oxygens (including phenoxy) is 2. The van der Waals surface area contributed by atoms with Gasteiger partial charge in [0.15, 0.2) is 6.61 Å². The molecule has 0 aliphatic carbocycles. The first-order chi connectivity index (χ1) is 11.1. The van der Waals surface area contributed by atoms with Crippen molar-refractivity contribution in [2.24, 2.45) is 0 Å². The molecule has 2 aromatic rings. The minimum absolute atomic E-state index is 0.000438. The van der Waals surface area contributed by atoms with Crippen LogP contribution in [0, 0.1) is 13.8 Å². The van der Waals surface area contributed by atoms with Crippen molar-refractivity contribution in [3.63, 3.8) is 0 Å². The molecule has 2 rings (SSSR count). The van der Waals surface area contributed by atoms with E-state index in [0.717, 1.165) is 22.6 Å². The summed E-state index contributed by atoms with van der Waals surface area (Å²) >= 11 is 0. The Morgan fingerprint density at radius 2 is 1.48 bits per heavy atom. The van der Waals surface area contributed by atoms with Crippen molar-refractivity contribution in [1.29, 1.82) is 0 Å². The first-order valence-electron chi connectivity index (χ1n) is 7.72. The molecule has 0 saturated heterocycles. The third-order valence-electron chi connectivity index (χ3n) is 3.44. The van der Waals surface area contributed by atoms with Gasteiger partial charge in [-0.3, -0.25) is 4.79 Å². The molecule has 0 spiro atoms. The minimum atomic E-state index is -0.158. The summed E-state index contributed by atoms with van der Waals surface area (Å²) in [7, 11) is 0. The van der Waals surface area contributed by atoms with Gasteiger partial charge in [-0.25, -0.2) is 0 Å². The maximum Gasteiger partial charge on any atom is 0.258 e. The lowest BCUT2D eigenvalue weighted by molar-refractivity contribution is -0.123. The summed E-state index contributed by atoms with van der Waals surface area (Å²) in [6, 6.07) is 15.4. The first kappa shape index (κ1) is 16.9. The van der Waals surface area contributed by atoms with Gasteiger partial charge in [-0.2, -0.15) is 0 Å². The molecule has 1 amide bonds. The molecule has 122 valence electrons. The fourth-order valence-corrected chi connectivity index (χ4v) is 2.15. The summed E-state index contributed by atoms with van der Waals surface area (Å²) < 4.78 is 11.3. The molecule has 0 radical (unpaired) electrons. The Bertz CT molecular complexity index is 655. The van der Waals surface area contributed by atoms with Gasteiger partial charge in [0.25, 0.3) is 5.91 Å². The lowest BCUT2D eigenvalue weighted by atomic mass is 10.2. The predicted molar refractivity (Wildman–Crippen MR) is 91.0 cm³/mol. The van der Waals surface area contributed by atoms with Crippen molar-refractivity contribution in [1.82, 2.24) is 5.32 Å². The van der Waals surface area contributed by atoms with Crippen molar-refractivity contribution in [3.05, 3.63) is 59.7 Å². The van der Waals surface area contributed by atoms with Gasteiger partial charge in [0, 0.05) is 0 Å². The van der Waals surface area contributed by atoms with E-state index < -0.39 is 0 Å². The average molecular weight is 313 g/mol. The fraction of sp³-hybridized carbons (Fsp3) is 0.316. The van der Waals surface area contributed by atoms with Crippen molar-refractivity contribution < 1.29 is 14.3 Å². The molecule has 1 unspecified atom stereocenters. The smallest absolute Gasteiger partial charge is 0.258 e. The number of aryl methyl sites for hydroxylation is 2. The molecular weight excluding hydrogens is 290 g/mol. The molecule has 0 heterocycles. The van der Waals surface area contributed by atoms with Gasteiger partial charge in [0.2, 0.25) is 0 Å². The number of carbonyl (C=O) groups excluding carboxylic acids is 1. The zero-order chi connectivity index (χ0) is 16.7. The minimum Gasteiger partial charge on any atom is -0.491 e. The zero-order valence-electron chi connectivity index (χ0n) is 13.8. The molecule has 0 bridgehead atoms. The molecule has 0 aromatic heterocycles. The second-order valence-corrected chi connectivity index (χ2v) is 5.60. The van der Waals surface area contributed by atoms with Crippen LogP contribution < -0.4 is 14.8 Å². The van der Waals surface area contributed by atoms with E-state index >= 15 is 0 Å². The largest absolute Gasteiger partial charge is 0.491 e. The molecule has 1 N–H and O–H groups in total. The van der Waals surface area contributed by atoms with Crippen LogP contribution in [-0.2, 0) is 4.79 Å². The van der Waals surface area contributed by atoms with Gasteiger partial charge >= 0.3 is 0 Å². The van der Waals surface area contributed by atoms with Crippen LogP contribution >= 0.6 is 0 Å². The van der Waals surface area contributed by atoms with Gasteiger partial charge < -0.3 is 14.8 Å². The summed E-state index contributed by atoms with van der Waals surface area (Å²) in [5, 5.41) is 2.87. The van der Waals surface area contributed by atoms with Crippen molar-refractivity contribution in [2.75, 3.05) is 13.2 Å². The molecule has 4 heteroatoms. The highest BCUT2D eigenvalue weighted by Crippen LogP contribution is 2.17. The zero-order valence-corrected chi connectivity index (χ0v) is 13.8. The van der Waals surface area contributed by atoms with Gasteiger partial charge in [0.1, 0.15) is 18.1 Å². The van der Waals surface area contributed by atoms with Crippen molar-refractivity contribution >= 4 is 5.91 Å². The second kappa shape index (κ2) is 8.22. The number of benzene rings is 2. The highest BCUT2D eigenvalue weighted by molar-refractivity contribution is 5.77. The summed E-state index contributed by atoms with van der Waals surface area (Å²) in [5.41, 5.74) is 2.09. The van der Waals surface area contributed by atoms with Crippen LogP contribution in [0.25, 0.3) is 0 Å². The Kier molecular flexibility index (Phi) is 6.03. The number of hydrogen-bond acceptors (Lipinski definition) is 3. The second-order valence-electron chi connectivity index (χ2n) is 5.60. The van der Waals surface area contributed by atoms with E-state index in [1.54, 1.807) is 0 Å². The molecule has 0 aliphatic rings. The van der Waals surface area contributed by atoms with Crippen molar-refractivity contribution in [3.8, 4) is 11.5 Å². The quantitative estimate of drug-likeness (QED) is 0.853. The molecule has 1 atom stereocenters. The monoisotopic (exact) mass is 313 g/mol. The maximum atomic E-state index is 11.9. The highest BCUT2D eigenvalue weighted by atomic mass is 16.5. The normalized spacial score (nSPS) is 11.6.